The minimum absolute atomic E-state index is 0.439. The highest BCUT2D eigenvalue weighted by Crippen LogP contribution is 2.37. The van der Waals surface area contributed by atoms with Gasteiger partial charge in [-0.1, -0.05) is 30.9 Å². The fourth-order valence-electron chi connectivity index (χ4n) is 3.31. The lowest BCUT2D eigenvalue weighted by Gasteiger charge is -2.32. The summed E-state index contributed by atoms with van der Waals surface area (Å²) < 4.78 is 14.2. The summed E-state index contributed by atoms with van der Waals surface area (Å²) in [6.07, 6.45) is 5.43. The molecule has 0 N–H and O–H groups in total. The number of nitrogens with zero attached hydrogens (tertiary/aromatic N) is 3. The smallest absolute Gasteiger partial charge is 0.399 e. The summed E-state index contributed by atoms with van der Waals surface area (Å²) in [6.45, 7) is 14.0. The van der Waals surface area contributed by atoms with Gasteiger partial charge in [-0.2, -0.15) is 10.4 Å². The van der Waals surface area contributed by atoms with E-state index in [9.17, 15) is 5.26 Å². The van der Waals surface area contributed by atoms with Gasteiger partial charge < -0.3 is 9.31 Å². The van der Waals surface area contributed by atoms with Crippen molar-refractivity contribution in [3.63, 3.8) is 0 Å². The number of hydrogen-bond acceptors (Lipinski definition) is 4. The molecular weight excluding hydrogens is 349 g/mol. The molecule has 0 atom stereocenters. The molecule has 1 aromatic carbocycles. The van der Waals surface area contributed by atoms with Gasteiger partial charge in [-0.05, 0) is 56.8 Å². The van der Waals surface area contributed by atoms with Crippen LogP contribution in [-0.2, 0) is 16.4 Å². The van der Waals surface area contributed by atoms with Gasteiger partial charge in [0.05, 0.1) is 23.0 Å². The summed E-state index contributed by atoms with van der Waals surface area (Å²) in [7, 11) is 1.34. The van der Waals surface area contributed by atoms with Crippen molar-refractivity contribution in [2.24, 2.45) is 7.05 Å². The number of hydrogen-bond donors (Lipinski definition) is 0. The molecule has 1 saturated heterocycles. The highest BCUT2D eigenvalue weighted by Gasteiger charge is 2.52. The van der Waals surface area contributed by atoms with E-state index in [-0.39, 0.29) is 0 Å². The van der Waals surface area contributed by atoms with Gasteiger partial charge in [0.15, 0.2) is 0 Å². The van der Waals surface area contributed by atoms with Crippen molar-refractivity contribution in [3.8, 4) is 6.07 Å². The van der Waals surface area contributed by atoms with Gasteiger partial charge in [-0.15, -0.1) is 0 Å². The molecule has 1 aromatic heterocycles. The molecule has 2 heterocycles. The highest BCUT2D eigenvalue weighted by molar-refractivity contribution is 6.63. The number of aromatic nitrogens is 2. The van der Waals surface area contributed by atoms with Crippen LogP contribution >= 0.6 is 0 Å². The summed E-state index contributed by atoms with van der Waals surface area (Å²) in [6, 6.07) is 8.20. The fraction of sp³-hybridized carbons (Fsp3) is 0.364. The standard InChI is InChI=1S/C22H26BN3O2/c1-8-17-18(19(12-24)15(2)16-13-25-26(7)14-16)10-9-11-20(17)23-27-21(3,4)22(5,6)28-23/h8-11,13-14H,1H2,2-7H3/b19-15+. The third kappa shape index (κ3) is 3.32. The van der Waals surface area contributed by atoms with Crippen molar-refractivity contribution < 1.29 is 9.31 Å². The SMILES string of the molecule is C=Cc1c(B2OC(C)(C)C(C)(C)O2)cccc1/C(C#N)=C(\C)c1cnn(C)c1. The third-order valence-electron chi connectivity index (χ3n) is 5.75. The minimum Gasteiger partial charge on any atom is -0.399 e. The largest absolute Gasteiger partial charge is 0.495 e. The molecule has 5 nitrogen and oxygen atoms in total. The summed E-state index contributed by atoms with van der Waals surface area (Å²) in [5.74, 6) is 0. The molecule has 1 aliphatic rings. The Bertz CT molecular complexity index is 979. The average molecular weight is 375 g/mol. The Balaban J connectivity index is 2.13. The van der Waals surface area contributed by atoms with E-state index in [2.05, 4.69) is 17.7 Å². The molecule has 0 unspecified atom stereocenters. The van der Waals surface area contributed by atoms with Crippen LogP contribution in [0.5, 0.6) is 0 Å². The fourth-order valence-corrected chi connectivity index (χ4v) is 3.31. The van der Waals surface area contributed by atoms with E-state index >= 15 is 0 Å². The molecule has 0 aliphatic carbocycles. The topological polar surface area (TPSA) is 60.1 Å². The predicted molar refractivity (Wildman–Crippen MR) is 114 cm³/mol. The second-order valence-corrected chi connectivity index (χ2v) is 8.12. The molecule has 0 saturated carbocycles. The van der Waals surface area contributed by atoms with E-state index in [0.29, 0.717) is 5.57 Å². The first-order valence-electron chi connectivity index (χ1n) is 9.32. The molecule has 0 bridgehead atoms. The summed E-state index contributed by atoms with van der Waals surface area (Å²) in [4.78, 5) is 0. The van der Waals surface area contributed by atoms with Crippen LogP contribution in [0.4, 0.5) is 0 Å². The Morgan fingerprint density at radius 3 is 2.39 bits per heavy atom. The number of allylic oxidation sites excluding steroid dienone is 2. The molecule has 0 radical (unpaired) electrons. The Hall–Kier alpha value is -2.62. The minimum atomic E-state index is -0.517. The van der Waals surface area contributed by atoms with E-state index in [1.165, 1.54) is 0 Å². The molecule has 28 heavy (non-hydrogen) atoms. The summed E-state index contributed by atoms with van der Waals surface area (Å²) in [5.41, 5.74) is 4.02. The first-order chi connectivity index (χ1) is 13.1. The van der Waals surface area contributed by atoms with E-state index in [1.54, 1.807) is 17.0 Å². The molecule has 3 rings (SSSR count). The van der Waals surface area contributed by atoms with Crippen molar-refractivity contribution in [2.75, 3.05) is 0 Å². The van der Waals surface area contributed by atoms with Gasteiger partial charge in [0.1, 0.15) is 6.07 Å². The predicted octanol–water partition coefficient (Wildman–Crippen LogP) is 3.82. The second-order valence-electron chi connectivity index (χ2n) is 8.12. The van der Waals surface area contributed by atoms with Crippen molar-refractivity contribution in [1.82, 2.24) is 9.78 Å². The average Bonchev–Trinajstić information content (AvgIpc) is 3.15. The molecule has 1 aliphatic heterocycles. The quantitative estimate of drug-likeness (QED) is 0.602. The first-order valence-corrected chi connectivity index (χ1v) is 9.32. The van der Waals surface area contributed by atoms with Crippen molar-refractivity contribution >= 4 is 29.8 Å². The maximum absolute atomic E-state index is 9.93. The van der Waals surface area contributed by atoms with Crippen LogP contribution in [0.1, 0.15) is 51.3 Å². The number of benzene rings is 1. The normalized spacial score (nSPS) is 18.5. The number of rotatable bonds is 4. The Kier molecular flexibility index (Phi) is 5.09. The summed E-state index contributed by atoms with van der Waals surface area (Å²) in [5, 5.41) is 14.1. The first kappa shape index (κ1) is 20.1. The van der Waals surface area contributed by atoms with Crippen molar-refractivity contribution in [3.05, 3.63) is 53.9 Å². The maximum atomic E-state index is 9.93. The summed E-state index contributed by atoms with van der Waals surface area (Å²) >= 11 is 0. The van der Waals surface area contributed by atoms with Gasteiger partial charge in [0.25, 0.3) is 0 Å². The van der Waals surface area contributed by atoms with Crippen molar-refractivity contribution in [1.29, 1.82) is 5.26 Å². The van der Waals surface area contributed by atoms with Gasteiger partial charge in [-0.25, -0.2) is 0 Å². The highest BCUT2D eigenvalue weighted by atomic mass is 16.7. The van der Waals surface area contributed by atoms with E-state index in [4.69, 9.17) is 9.31 Å². The van der Waals surface area contributed by atoms with E-state index < -0.39 is 18.3 Å². The van der Waals surface area contributed by atoms with Crippen LogP contribution in [0, 0.1) is 11.3 Å². The van der Waals surface area contributed by atoms with Crippen LogP contribution in [0.15, 0.2) is 37.2 Å². The van der Waals surface area contributed by atoms with Gasteiger partial charge in [0.2, 0.25) is 0 Å². The van der Waals surface area contributed by atoms with Crippen LogP contribution < -0.4 is 5.46 Å². The number of nitriles is 1. The maximum Gasteiger partial charge on any atom is 0.495 e. The van der Waals surface area contributed by atoms with Crippen LogP contribution in [0.25, 0.3) is 17.2 Å². The van der Waals surface area contributed by atoms with Gasteiger partial charge >= 0.3 is 7.12 Å². The number of aryl methyl sites for hydroxylation is 1. The Morgan fingerprint density at radius 1 is 1.25 bits per heavy atom. The molecule has 6 heteroatoms. The molecule has 2 aromatic rings. The van der Waals surface area contributed by atoms with E-state index in [1.807, 2.05) is 66.1 Å². The third-order valence-corrected chi connectivity index (χ3v) is 5.75. The lowest BCUT2D eigenvalue weighted by atomic mass is 9.73. The molecule has 144 valence electrons. The van der Waals surface area contributed by atoms with Gasteiger partial charge in [-0.3, -0.25) is 4.68 Å². The monoisotopic (exact) mass is 375 g/mol. The molecule has 0 amide bonds. The zero-order valence-electron chi connectivity index (χ0n) is 17.4. The van der Waals surface area contributed by atoms with E-state index in [0.717, 1.165) is 27.7 Å². The molecule has 1 fully saturated rings. The zero-order chi connectivity index (χ0) is 20.7. The Labute approximate surface area is 167 Å². The molecular formula is C22H26BN3O2. The zero-order valence-corrected chi connectivity index (χ0v) is 17.4. The lowest BCUT2D eigenvalue weighted by molar-refractivity contribution is 0.00578. The van der Waals surface area contributed by atoms with Crippen LogP contribution in [0.2, 0.25) is 0 Å². The van der Waals surface area contributed by atoms with Crippen LogP contribution in [0.3, 0.4) is 0 Å². The van der Waals surface area contributed by atoms with Crippen LogP contribution in [-0.4, -0.2) is 28.1 Å². The second kappa shape index (κ2) is 7.08. The van der Waals surface area contributed by atoms with Gasteiger partial charge in [0, 0.05) is 18.8 Å². The van der Waals surface area contributed by atoms with Crippen molar-refractivity contribution in [2.45, 2.75) is 45.8 Å². The lowest BCUT2D eigenvalue weighted by Crippen LogP contribution is -2.41. The molecule has 0 spiro atoms. The Morgan fingerprint density at radius 2 is 1.89 bits per heavy atom.